The van der Waals surface area contributed by atoms with Crippen molar-refractivity contribution < 1.29 is 9.53 Å². The van der Waals surface area contributed by atoms with E-state index >= 15 is 0 Å². The first kappa shape index (κ1) is 14.1. The van der Waals surface area contributed by atoms with Crippen LogP contribution in [0.3, 0.4) is 0 Å². The van der Waals surface area contributed by atoms with Gasteiger partial charge in [-0.25, -0.2) is 0 Å². The number of nitrogen functional groups attached to an aromatic ring is 1. The standard InChI is InChI=1S/C17H22N2O2/c18-15-3-1-2-13(10-15)4-7-17(20)19(16-5-6-16)11-14-8-9-21-12-14/h1-4,7,10,14,16H,5-6,8-9,11-12,18H2/b7-4+. The summed E-state index contributed by atoms with van der Waals surface area (Å²) in [5, 5.41) is 0. The molecule has 112 valence electrons. The van der Waals surface area contributed by atoms with Crippen molar-refractivity contribution in [2.75, 3.05) is 25.5 Å². The smallest absolute Gasteiger partial charge is 0.246 e. The normalized spacial score (nSPS) is 21.8. The maximum atomic E-state index is 12.4. The molecule has 1 aliphatic carbocycles. The fourth-order valence-electron chi connectivity index (χ4n) is 2.74. The fourth-order valence-corrected chi connectivity index (χ4v) is 2.74. The molecule has 4 nitrogen and oxygen atoms in total. The molecule has 1 aromatic rings. The van der Waals surface area contributed by atoms with Crippen LogP contribution in [0.1, 0.15) is 24.8 Å². The molecule has 2 aliphatic rings. The molecular weight excluding hydrogens is 264 g/mol. The van der Waals surface area contributed by atoms with Crippen LogP contribution >= 0.6 is 0 Å². The summed E-state index contributed by atoms with van der Waals surface area (Å²) in [6.07, 6.45) is 6.84. The van der Waals surface area contributed by atoms with Gasteiger partial charge in [0.25, 0.3) is 0 Å². The van der Waals surface area contributed by atoms with E-state index in [4.69, 9.17) is 10.5 Å². The highest BCUT2D eigenvalue weighted by Crippen LogP contribution is 2.29. The molecule has 21 heavy (non-hydrogen) atoms. The average molecular weight is 286 g/mol. The summed E-state index contributed by atoms with van der Waals surface area (Å²) < 4.78 is 5.41. The number of hydrogen-bond acceptors (Lipinski definition) is 3. The van der Waals surface area contributed by atoms with Gasteiger partial charge in [-0.3, -0.25) is 4.79 Å². The molecule has 0 aromatic heterocycles. The topological polar surface area (TPSA) is 55.6 Å². The van der Waals surface area contributed by atoms with Crippen LogP contribution in [0.5, 0.6) is 0 Å². The zero-order chi connectivity index (χ0) is 14.7. The highest BCUT2D eigenvalue weighted by atomic mass is 16.5. The number of nitrogens with zero attached hydrogens (tertiary/aromatic N) is 1. The van der Waals surface area contributed by atoms with E-state index in [-0.39, 0.29) is 5.91 Å². The molecule has 1 unspecified atom stereocenters. The van der Waals surface area contributed by atoms with Crippen LogP contribution in [0, 0.1) is 5.92 Å². The van der Waals surface area contributed by atoms with Crippen molar-refractivity contribution in [3.8, 4) is 0 Å². The fraction of sp³-hybridized carbons (Fsp3) is 0.471. The number of anilines is 1. The third-order valence-corrected chi connectivity index (χ3v) is 4.08. The van der Waals surface area contributed by atoms with Crippen LogP contribution in [0.2, 0.25) is 0 Å². The zero-order valence-electron chi connectivity index (χ0n) is 12.2. The third-order valence-electron chi connectivity index (χ3n) is 4.08. The number of carbonyl (C=O) groups excluding carboxylic acids is 1. The Labute approximate surface area is 125 Å². The lowest BCUT2D eigenvalue weighted by Gasteiger charge is -2.23. The number of rotatable bonds is 5. The van der Waals surface area contributed by atoms with Crippen molar-refractivity contribution in [1.29, 1.82) is 0 Å². The molecule has 4 heteroatoms. The number of benzene rings is 1. The lowest BCUT2D eigenvalue weighted by atomic mass is 10.1. The minimum Gasteiger partial charge on any atom is -0.399 e. The lowest BCUT2D eigenvalue weighted by molar-refractivity contribution is -0.127. The minimum absolute atomic E-state index is 0.104. The number of ether oxygens (including phenoxy) is 1. The molecule has 1 saturated heterocycles. The maximum absolute atomic E-state index is 12.4. The predicted molar refractivity (Wildman–Crippen MR) is 83.5 cm³/mol. The average Bonchev–Trinajstić information content (AvgIpc) is 3.19. The van der Waals surface area contributed by atoms with Crippen molar-refractivity contribution in [3.05, 3.63) is 35.9 Å². The van der Waals surface area contributed by atoms with Crippen LogP contribution in [-0.4, -0.2) is 36.6 Å². The summed E-state index contributed by atoms with van der Waals surface area (Å²) in [6.45, 7) is 2.44. The van der Waals surface area contributed by atoms with Crippen LogP contribution in [0.4, 0.5) is 5.69 Å². The van der Waals surface area contributed by atoms with E-state index in [1.165, 1.54) is 0 Å². The van der Waals surface area contributed by atoms with Crippen molar-refractivity contribution in [1.82, 2.24) is 4.90 Å². The molecule has 1 atom stereocenters. The quantitative estimate of drug-likeness (QED) is 0.667. The molecule has 1 saturated carbocycles. The first-order chi connectivity index (χ1) is 10.2. The number of nitrogens with two attached hydrogens (primary N) is 1. The van der Waals surface area contributed by atoms with Gasteiger partial charge in [-0.2, -0.15) is 0 Å². The van der Waals surface area contributed by atoms with Gasteiger partial charge in [0.2, 0.25) is 5.91 Å². The molecule has 0 bridgehead atoms. The van der Waals surface area contributed by atoms with E-state index in [1.54, 1.807) is 6.08 Å². The summed E-state index contributed by atoms with van der Waals surface area (Å²) in [5.41, 5.74) is 7.42. The van der Waals surface area contributed by atoms with E-state index < -0.39 is 0 Å². The zero-order valence-corrected chi connectivity index (χ0v) is 12.2. The summed E-state index contributed by atoms with van der Waals surface area (Å²) >= 11 is 0. The first-order valence-electron chi connectivity index (χ1n) is 7.64. The molecule has 0 spiro atoms. The second kappa shape index (κ2) is 6.31. The lowest BCUT2D eigenvalue weighted by Crippen LogP contribution is -2.36. The van der Waals surface area contributed by atoms with Gasteiger partial charge in [-0.05, 0) is 43.0 Å². The largest absolute Gasteiger partial charge is 0.399 e. The minimum atomic E-state index is 0.104. The van der Waals surface area contributed by atoms with Gasteiger partial charge in [-0.15, -0.1) is 0 Å². The number of carbonyl (C=O) groups is 1. The van der Waals surface area contributed by atoms with E-state index in [0.717, 1.165) is 44.6 Å². The Morgan fingerprint density at radius 3 is 2.90 bits per heavy atom. The summed E-state index contributed by atoms with van der Waals surface area (Å²) in [6, 6.07) is 8.00. The molecule has 2 N–H and O–H groups in total. The summed E-state index contributed by atoms with van der Waals surface area (Å²) in [7, 11) is 0. The summed E-state index contributed by atoms with van der Waals surface area (Å²) in [5.74, 6) is 0.599. The Morgan fingerprint density at radius 2 is 2.24 bits per heavy atom. The Morgan fingerprint density at radius 1 is 1.38 bits per heavy atom. The Balaban J connectivity index is 1.63. The second-order valence-corrected chi connectivity index (χ2v) is 5.95. The Bertz CT molecular complexity index is 531. The number of amides is 1. The van der Waals surface area contributed by atoms with E-state index in [2.05, 4.69) is 0 Å². The molecule has 1 amide bonds. The van der Waals surface area contributed by atoms with Crippen LogP contribution in [0.15, 0.2) is 30.3 Å². The van der Waals surface area contributed by atoms with Crippen LogP contribution in [0.25, 0.3) is 6.08 Å². The molecule has 3 rings (SSSR count). The second-order valence-electron chi connectivity index (χ2n) is 5.95. The Hall–Kier alpha value is -1.81. The van der Waals surface area contributed by atoms with Gasteiger partial charge in [-0.1, -0.05) is 12.1 Å². The van der Waals surface area contributed by atoms with Gasteiger partial charge < -0.3 is 15.4 Å². The SMILES string of the molecule is Nc1cccc(/C=C/C(=O)N(CC2CCOC2)C2CC2)c1. The van der Waals surface area contributed by atoms with Crippen molar-refractivity contribution in [3.63, 3.8) is 0 Å². The first-order valence-corrected chi connectivity index (χ1v) is 7.64. The molecular formula is C17H22N2O2. The monoisotopic (exact) mass is 286 g/mol. The summed E-state index contributed by atoms with van der Waals surface area (Å²) in [4.78, 5) is 14.5. The molecule has 1 heterocycles. The van der Waals surface area contributed by atoms with Crippen LogP contribution < -0.4 is 5.73 Å². The van der Waals surface area contributed by atoms with Crippen molar-refractivity contribution in [2.24, 2.45) is 5.92 Å². The highest BCUT2D eigenvalue weighted by molar-refractivity contribution is 5.92. The van der Waals surface area contributed by atoms with E-state index in [0.29, 0.717) is 17.6 Å². The van der Waals surface area contributed by atoms with Gasteiger partial charge in [0.05, 0.1) is 6.61 Å². The van der Waals surface area contributed by atoms with Crippen molar-refractivity contribution >= 4 is 17.7 Å². The van der Waals surface area contributed by atoms with E-state index in [1.807, 2.05) is 35.2 Å². The highest BCUT2D eigenvalue weighted by Gasteiger charge is 2.33. The third kappa shape index (κ3) is 3.85. The number of hydrogen-bond donors (Lipinski definition) is 1. The van der Waals surface area contributed by atoms with Gasteiger partial charge in [0.1, 0.15) is 0 Å². The van der Waals surface area contributed by atoms with Gasteiger partial charge in [0.15, 0.2) is 0 Å². The van der Waals surface area contributed by atoms with Crippen LogP contribution in [-0.2, 0) is 9.53 Å². The molecule has 2 fully saturated rings. The molecule has 1 aliphatic heterocycles. The Kier molecular flexibility index (Phi) is 4.25. The molecule has 1 aromatic carbocycles. The van der Waals surface area contributed by atoms with Crippen molar-refractivity contribution in [2.45, 2.75) is 25.3 Å². The van der Waals surface area contributed by atoms with Gasteiger partial charge in [0, 0.05) is 36.9 Å². The molecule has 0 radical (unpaired) electrons. The van der Waals surface area contributed by atoms with E-state index in [9.17, 15) is 4.79 Å². The van der Waals surface area contributed by atoms with Gasteiger partial charge >= 0.3 is 0 Å². The predicted octanol–water partition coefficient (Wildman–Crippen LogP) is 2.31. The maximum Gasteiger partial charge on any atom is 0.246 e.